The van der Waals surface area contributed by atoms with Crippen molar-refractivity contribution in [2.45, 2.75) is 38.3 Å². The van der Waals surface area contributed by atoms with E-state index in [4.69, 9.17) is 4.74 Å². The number of aromatic nitrogens is 2. The van der Waals surface area contributed by atoms with Crippen LogP contribution in [0.3, 0.4) is 0 Å². The van der Waals surface area contributed by atoms with E-state index in [-0.39, 0.29) is 12.0 Å². The third kappa shape index (κ3) is 2.71. The summed E-state index contributed by atoms with van der Waals surface area (Å²) in [4.78, 5) is 14.0. The Morgan fingerprint density at radius 2 is 2.30 bits per heavy atom. The smallest absolute Gasteiger partial charge is 0.253 e. The second-order valence-electron chi connectivity index (χ2n) is 5.59. The molecule has 20 heavy (non-hydrogen) atoms. The van der Waals surface area contributed by atoms with Crippen molar-refractivity contribution in [2.75, 3.05) is 26.7 Å². The van der Waals surface area contributed by atoms with E-state index < -0.39 is 0 Å². The molecule has 2 N–H and O–H groups in total. The summed E-state index contributed by atoms with van der Waals surface area (Å²) in [5, 5.41) is 10.7. The summed E-state index contributed by atoms with van der Waals surface area (Å²) < 4.78 is 5.51. The first-order valence-corrected chi connectivity index (χ1v) is 7.38. The largest absolute Gasteiger partial charge is 0.366 e. The Morgan fingerprint density at radius 3 is 3.10 bits per heavy atom. The van der Waals surface area contributed by atoms with Gasteiger partial charge in [-0.3, -0.25) is 9.89 Å². The van der Waals surface area contributed by atoms with Crippen LogP contribution < -0.4 is 5.32 Å². The van der Waals surface area contributed by atoms with Gasteiger partial charge < -0.3 is 15.0 Å². The molecule has 1 amide bonds. The number of H-pyrrole nitrogens is 1. The van der Waals surface area contributed by atoms with Gasteiger partial charge in [0.25, 0.3) is 5.91 Å². The van der Waals surface area contributed by atoms with E-state index in [9.17, 15) is 4.79 Å². The zero-order valence-electron chi connectivity index (χ0n) is 11.9. The molecule has 6 heteroatoms. The highest BCUT2D eigenvalue weighted by Gasteiger charge is 2.26. The van der Waals surface area contributed by atoms with Crippen molar-refractivity contribution < 1.29 is 9.53 Å². The highest BCUT2D eigenvalue weighted by molar-refractivity contribution is 5.81. The molecule has 1 aliphatic heterocycles. The Balaban J connectivity index is 1.64. The molecule has 1 unspecified atom stereocenters. The van der Waals surface area contributed by atoms with Gasteiger partial charge in [0.05, 0.1) is 18.8 Å². The molecule has 1 saturated heterocycles. The van der Waals surface area contributed by atoms with E-state index in [2.05, 4.69) is 15.5 Å². The molecule has 0 bridgehead atoms. The van der Waals surface area contributed by atoms with Crippen molar-refractivity contribution in [1.29, 1.82) is 0 Å². The van der Waals surface area contributed by atoms with Crippen LogP contribution >= 0.6 is 0 Å². The first kappa shape index (κ1) is 13.6. The van der Waals surface area contributed by atoms with Gasteiger partial charge in [0.1, 0.15) is 6.10 Å². The molecule has 0 radical (unpaired) electrons. The molecule has 2 aliphatic rings. The van der Waals surface area contributed by atoms with Crippen molar-refractivity contribution in [3.8, 4) is 0 Å². The molecule has 1 aromatic heterocycles. The zero-order chi connectivity index (χ0) is 13.9. The van der Waals surface area contributed by atoms with E-state index in [0.717, 1.165) is 25.1 Å². The lowest BCUT2D eigenvalue weighted by Gasteiger charge is -2.27. The summed E-state index contributed by atoms with van der Waals surface area (Å²) in [7, 11) is 1.82. The van der Waals surface area contributed by atoms with Gasteiger partial charge in [-0.1, -0.05) is 0 Å². The van der Waals surface area contributed by atoms with Gasteiger partial charge in [-0.25, -0.2) is 0 Å². The summed E-state index contributed by atoms with van der Waals surface area (Å²) in [6, 6.07) is 0. The fourth-order valence-corrected chi connectivity index (χ4v) is 2.95. The molecule has 2 heterocycles. The van der Waals surface area contributed by atoms with Gasteiger partial charge in [-0.05, 0) is 31.2 Å². The number of likely N-dealkylation sites (N-methyl/N-ethyl adjacent to an activating group) is 1. The first-order chi connectivity index (χ1) is 9.75. The predicted octanol–water partition coefficient (Wildman–Crippen LogP) is 0.235. The average molecular weight is 278 g/mol. The molecule has 1 aliphatic carbocycles. The van der Waals surface area contributed by atoms with Crippen molar-refractivity contribution in [2.24, 2.45) is 0 Å². The van der Waals surface area contributed by atoms with Crippen molar-refractivity contribution in [3.63, 3.8) is 0 Å². The fraction of sp³-hybridized carbons (Fsp3) is 0.714. The zero-order valence-corrected chi connectivity index (χ0v) is 11.9. The van der Waals surface area contributed by atoms with Crippen molar-refractivity contribution in [1.82, 2.24) is 20.4 Å². The molecule has 1 atom stereocenters. The molecule has 0 aromatic carbocycles. The SMILES string of the molecule is CN(Cc1n[nH]c2c1CCCC2)C(=O)C1CNCCO1. The summed E-state index contributed by atoms with van der Waals surface area (Å²) >= 11 is 0. The Bertz CT molecular complexity index is 480. The Kier molecular flexibility index (Phi) is 4.03. The normalized spacial score (nSPS) is 22.4. The van der Waals surface area contributed by atoms with E-state index in [1.54, 1.807) is 4.90 Å². The minimum Gasteiger partial charge on any atom is -0.366 e. The number of aromatic amines is 1. The maximum absolute atomic E-state index is 12.3. The lowest BCUT2D eigenvalue weighted by atomic mass is 9.96. The highest BCUT2D eigenvalue weighted by atomic mass is 16.5. The van der Waals surface area contributed by atoms with Crippen LogP contribution in [0.4, 0.5) is 0 Å². The lowest BCUT2D eigenvalue weighted by Crippen LogP contribution is -2.48. The summed E-state index contributed by atoms with van der Waals surface area (Å²) in [5.41, 5.74) is 3.58. The number of rotatable bonds is 3. The number of aryl methyl sites for hydroxylation is 1. The number of carbonyl (C=O) groups excluding carboxylic acids is 1. The number of nitrogens with one attached hydrogen (secondary N) is 2. The second kappa shape index (κ2) is 5.93. The minimum absolute atomic E-state index is 0.0322. The first-order valence-electron chi connectivity index (χ1n) is 7.38. The molecule has 110 valence electrons. The average Bonchev–Trinajstić information content (AvgIpc) is 2.91. The van der Waals surface area contributed by atoms with Gasteiger partial charge in [0.15, 0.2) is 0 Å². The second-order valence-corrected chi connectivity index (χ2v) is 5.59. The highest BCUT2D eigenvalue weighted by Crippen LogP contribution is 2.23. The van der Waals surface area contributed by atoms with E-state index >= 15 is 0 Å². The molecular weight excluding hydrogens is 256 g/mol. The number of carbonyl (C=O) groups is 1. The number of fused-ring (bicyclic) bond motifs is 1. The maximum Gasteiger partial charge on any atom is 0.253 e. The van der Waals surface area contributed by atoms with Gasteiger partial charge in [0, 0.05) is 25.8 Å². The molecule has 3 rings (SSSR count). The molecular formula is C14H22N4O2. The molecule has 1 aromatic rings. The molecule has 1 fully saturated rings. The van der Waals surface area contributed by atoms with Gasteiger partial charge >= 0.3 is 0 Å². The quantitative estimate of drug-likeness (QED) is 0.831. The van der Waals surface area contributed by atoms with E-state index in [1.807, 2.05) is 7.05 Å². The number of morpholine rings is 1. The van der Waals surface area contributed by atoms with Crippen LogP contribution in [0.1, 0.15) is 29.8 Å². The summed E-state index contributed by atoms with van der Waals surface area (Å²) in [5.74, 6) is 0.0322. The Morgan fingerprint density at radius 1 is 1.45 bits per heavy atom. The molecule has 0 spiro atoms. The summed E-state index contributed by atoms with van der Waals surface area (Å²) in [6.45, 7) is 2.58. The van der Waals surface area contributed by atoms with Gasteiger partial charge in [-0.2, -0.15) is 5.10 Å². The van der Waals surface area contributed by atoms with Crippen LogP contribution in [0.2, 0.25) is 0 Å². The topological polar surface area (TPSA) is 70.2 Å². The standard InChI is InChI=1S/C14H22N4O2/c1-18(14(19)13-8-15-6-7-20-13)9-12-10-4-2-3-5-11(10)16-17-12/h13,15H,2-9H2,1H3,(H,16,17). The fourth-order valence-electron chi connectivity index (χ4n) is 2.95. The van der Waals surface area contributed by atoms with E-state index in [0.29, 0.717) is 19.7 Å². The summed E-state index contributed by atoms with van der Waals surface area (Å²) in [6.07, 6.45) is 4.24. The van der Waals surface area contributed by atoms with Crippen LogP contribution in [-0.4, -0.2) is 53.9 Å². The third-order valence-electron chi connectivity index (χ3n) is 4.11. The van der Waals surface area contributed by atoms with Crippen LogP contribution in [0.15, 0.2) is 0 Å². The van der Waals surface area contributed by atoms with Crippen LogP contribution in [0, 0.1) is 0 Å². The Labute approximate surface area is 118 Å². The Hall–Kier alpha value is -1.40. The monoisotopic (exact) mass is 278 g/mol. The molecule has 0 saturated carbocycles. The van der Waals surface area contributed by atoms with Crippen LogP contribution in [0.25, 0.3) is 0 Å². The predicted molar refractivity (Wildman–Crippen MR) is 74.3 cm³/mol. The number of amides is 1. The minimum atomic E-state index is -0.358. The number of ether oxygens (including phenoxy) is 1. The lowest BCUT2D eigenvalue weighted by molar-refractivity contribution is -0.144. The number of nitrogens with zero attached hydrogens (tertiary/aromatic N) is 2. The van der Waals surface area contributed by atoms with E-state index in [1.165, 1.54) is 24.1 Å². The van der Waals surface area contributed by atoms with Crippen LogP contribution in [-0.2, 0) is 28.9 Å². The number of hydrogen-bond donors (Lipinski definition) is 2. The number of hydrogen-bond acceptors (Lipinski definition) is 4. The maximum atomic E-state index is 12.3. The third-order valence-corrected chi connectivity index (χ3v) is 4.11. The molecule has 6 nitrogen and oxygen atoms in total. The van der Waals surface area contributed by atoms with Gasteiger partial charge in [-0.15, -0.1) is 0 Å². The van der Waals surface area contributed by atoms with Crippen molar-refractivity contribution in [3.05, 3.63) is 17.0 Å². The van der Waals surface area contributed by atoms with Crippen molar-refractivity contribution >= 4 is 5.91 Å². The van der Waals surface area contributed by atoms with Crippen LogP contribution in [0.5, 0.6) is 0 Å². The van der Waals surface area contributed by atoms with Gasteiger partial charge in [0.2, 0.25) is 0 Å².